The van der Waals surface area contributed by atoms with E-state index in [1.165, 1.54) is 5.56 Å². The van der Waals surface area contributed by atoms with Crippen molar-refractivity contribution >= 4 is 5.91 Å². The molecule has 0 aliphatic heterocycles. The highest BCUT2D eigenvalue weighted by atomic mass is 16.5. The number of aromatic amines is 1. The predicted molar refractivity (Wildman–Crippen MR) is 99.0 cm³/mol. The van der Waals surface area contributed by atoms with Crippen LogP contribution in [-0.2, 0) is 30.6 Å². The highest BCUT2D eigenvalue weighted by Crippen LogP contribution is 2.35. The largest absolute Gasteiger partial charge is 0.497 e. The molecule has 1 aliphatic carbocycles. The predicted octanol–water partition coefficient (Wildman–Crippen LogP) is 1.69. The molecule has 0 radical (unpaired) electrons. The standard InChI is InChI=1S/C19H21N5O4/c1-26-10-16-21-15(24-28-16)7-8-20-19(25)18-14-5-3-11-9-12(27-2)4-6-13(11)17(14)22-23-18/h4,6,9H,3,5,7-8,10H2,1-2H3,(H,20,25)(H,22,23). The molecule has 0 spiro atoms. The molecule has 2 heterocycles. The number of benzene rings is 1. The number of methoxy groups -OCH3 is 2. The number of ether oxygens (including phenoxy) is 2. The van der Waals surface area contributed by atoms with Gasteiger partial charge in [-0.05, 0) is 36.6 Å². The van der Waals surface area contributed by atoms with Gasteiger partial charge in [0.15, 0.2) is 5.82 Å². The first-order valence-corrected chi connectivity index (χ1v) is 9.02. The molecule has 146 valence electrons. The lowest BCUT2D eigenvalue weighted by molar-refractivity contribution is 0.0948. The van der Waals surface area contributed by atoms with E-state index in [1.807, 2.05) is 18.2 Å². The van der Waals surface area contributed by atoms with E-state index in [-0.39, 0.29) is 12.5 Å². The summed E-state index contributed by atoms with van der Waals surface area (Å²) in [6, 6.07) is 5.92. The maximum Gasteiger partial charge on any atom is 0.269 e. The molecule has 9 heteroatoms. The van der Waals surface area contributed by atoms with Crippen LogP contribution >= 0.6 is 0 Å². The Morgan fingerprint density at radius 1 is 1.32 bits per heavy atom. The lowest BCUT2D eigenvalue weighted by Crippen LogP contribution is -2.27. The third kappa shape index (κ3) is 3.48. The Labute approximate surface area is 161 Å². The van der Waals surface area contributed by atoms with Crippen LogP contribution in [0.15, 0.2) is 22.7 Å². The minimum atomic E-state index is -0.189. The van der Waals surface area contributed by atoms with Gasteiger partial charge in [-0.2, -0.15) is 10.1 Å². The molecule has 1 aromatic carbocycles. The molecule has 0 atom stereocenters. The molecule has 0 saturated heterocycles. The number of nitrogens with zero attached hydrogens (tertiary/aromatic N) is 3. The monoisotopic (exact) mass is 383 g/mol. The summed E-state index contributed by atoms with van der Waals surface area (Å²) in [5.74, 6) is 1.58. The molecule has 4 rings (SSSR count). The highest BCUT2D eigenvalue weighted by Gasteiger charge is 2.25. The number of carbonyl (C=O) groups is 1. The number of amides is 1. The van der Waals surface area contributed by atoms with Gasteiger partial charge in [0.1, 0.15) is 18.1 Å². The van der Waals surface area contributed by atoms with Crippen molar-refractivity contribution in [3.05, 3.63) is 46.7 Å². The van der Waals surface area contributed by atoms with Crippen molar-refractivity contribution in [3.8, 4) is 17.0 Å². The van der Waals surface area contributed by atoms with Crippen LogP contribution in [0.1, 0.15) is 33.3 Å². The Morgan fingerprint density at radius 2 is 2.21 bits per heavy atom. The molecule has 2 aromatic heterocycles. The van der Waals surface area contributed by atoms with Crippen LogP contribution in [0.2, 0.25) is 0 Å². The number of H-pyrrole nitrogens is 1. The quantitative estimate of drug-likeness (QED) is 0.638. The zero-order chi connectivity index (χ0) is 19.5. The van der Waals surface area contributed by atoms with Crippen molar-refractivity contribution in [3.63, 3.8) is 0 Å². The molecule has 0 bridgehead atoms. The summed E-state index contributed by atoms with van der Waals surface area (Å²) in [7, 11) is 3.21. The van der Waals surface area contributed by atoms with Gasteiger partial charge in [-0.3, -0.25) is 9.89 Å². The van der Waals surface area contributed by atoms with Gasteiger partial charge in [-0.1, -0.05) is 5.16 Å². The third-order valence-corrected chi connectivity index (χ3v) is 4.72. The van der Waals surface area contributed by atoms with Gasteiger partial charge < -0.3 is 19.3 Å². The second-order valence-electron chi connectivity index (χ2n) is 6.49. The molecule has 2 N–H and O–H groups in total. The van der Waals surface area contributed by atoms with Crippen molar-refractivity contribution < 1.29 is 18.8 Å². The van der Waals surface area contributed by atoms with E-state index in [4.69, 9.17) is 14.0 Å². The fraction of sp³-hybridized carbons (Fsp3) is 0.368. The molecular formula is C19H21N5O4. The second kappa shape index (κ2) is 7.81. The fourth-order valence-electron chi connectivity index (χ4n) is 3.36. The Balaban J connectivity index is 1.42. The lowest BCUT2D eigenvalue weighted by Gasteiger charge is -2.16. The third-order valence-electron chi connectivity index (χ3n) is 4.72. The van der Waals surface area contributed by atoms with E-state index in [9.17, 15) is 4.79 Å². The Hall–Kier alpha value is -3.20. The summed E-state index contributed by atoms with van der Waals surface area (Å²) in [6.07, 6.45) is 2.06. The molecule has 9 nitrogen and oxygen atoms in total. The molecule has 28 heavy (non-hydrogen) atoms. The smallest absolute Gasteiger partial charge is 0.269 e. The second-order valence-corrected chi connectivity index (χ2v) is 6.49. The van der Waals surface area contributed by atoms with Crippen LogP contribution in [0.25, 0.3) is 11.3 Å². The van der Waals surface area contributed by atoms with Crippen molar-refractivity contribution in [2.24, 2.45) is 0 Å². The zero-order valence-corrected chi connectivity index (χ0v) is 15.7. The minimum absolute atomic E-state index is 0.189. The van der Waals surface area contributed by atoms with E-state index in [1.54, 1.807) is 14.2 Å². The van der Waals surface area contributed by atoms with Crippen molar-refractivity contribution in [2.75, 3.05) is 20.8 Å². The number of aromatic nitrogens is 4. The first kappa shape index (κ1) is 18.2. The van der Waals surface area contributed by atoms with Gasteiger partial charge in [-0.15, -0.1) is 0 Å². The summed E-state index contributed by atoms with van der Waals surface area (Å²) in [6.45, 7) is 0.666. The number of nitrogens with one attached hydrogen (secondary N) is 2. The van der Waals surface area contributed by atoms with Gasteiger partial charge in [0.2, 0.25) is 0 Å². The molecule has 1 amide bonds. The van der Waals surface area contributed by atoms with Gasteiger partial charge in [-0.25, -0.2) is 0 Å². The van der Waals surface area contributed by atoms with Gasteiger partial charge >= 0.3 is 0 Å². The maximum atomic E-state index is 12.6. The zero-order valence-electron chi connectivity index (χ0n) is 15.7. The van der Waals surface area contributed by atoms with E-state index in [0.29, 0.717) is 30.4 Å². The maximum absolute atomic E-state index is 12.6. The first-order valence-electron chi connectivity index (χ1n) is 9.02. The Morgan fingerprint density at radius 3 is 3.04 bits per heavy atom. The van der Waals surface area contributed by atoms with E-state index < -0.39 is 0 Å². The number of fused-ring (bicyclic) bond motifs is 3. The Kier molecular flexibility index (Phi) is 5.07. The topological polar surface area (TPSA) is 115 Å². The Bertz CT molecular complexity index is 994. The summed E-state index contributed by atoms with van der Waals surface area (Å²) in [5.41, 5.74) is 4.49. The SMILES string of the molecule is COCc1nc(CCNC(=O)c2[nH]nc3c2CCc2cc(OC)ccc2-3)no1. The van der Waals surface area contributed by atoms with Crippen molar-refractivity contribution in [1.29, 1.82) is 0 Å². The summed E-state index contributed by atoms with van der Waals surface area (Å²) in [4.78, 5) is 16.8. The van der Waals surface area contributed by atoms with Crippen LogP contribution < -0.4 is 10.1 Å². The van der Waals surface area contributed by atoms with Crippen LogP contribution in [-0.4, -0.2) is 47.0 Å². The lowest BCUT2D eigenvalue weighted by atomic mass is 9.89. The van der Waals surface area contributed by atoms with E-state index in [2.05, 4.69) is 25.7 Å². The van der Waals surface area contributed by atoms with Crippen LogP contribution in [0, 0.1) is 0 Å². The minimum Gasteiger partial charge on any atom is -0.497 e. The molecule has 0 fully saturated rings. The van der Waals surface area contributed by atoms with Crippen LogP contribution in [0.5, 0.6) is 5.75 Å². The fourth-order valence-corrected chi connectivity index (χ4v) is 3.36. The first-order chi connectivity index (χ1) is 13.7. The molecule has 0 saturated carbocycles. The molecule has 0 unspecified atom stereocenters. The summed E-state index contributed by atoms with van der Waals surface area (Å²) >= 11 is 0. The van der Waals surface area contributed by atoms with E-state index in [0.717, 1.165) is 35.4 Å². The summed E-state index contributed by atoms with van der Waals surface area (Å²) in [5, 5.41) is 14.0. The molecular weight excluding hydrogens is 362 g/mol. The van der Waals surface area contributed by atoms with Crippen molar-refractivity contribution in [1.82, 2.24) is 25.7 Å². The van der Waals surface area contributed by atoms with Gasteiger partial charge in [0.05, 0.1) is 12.8 Å². The summed E-state index contributed by atoms with van der Waals surface area (Å²) < 4.78 is 15.3. The number of hydrogen-bond donors (Lipinski definition) is 2. The van der Waals surface area contributed by atoms with Gasteiger partial charge in [0, 0.05) is 31.2 Å². The average Bonchev–Trinajstić information content (AvgIpc) is 3.34. The average molecular weight is 383 g/mol. The molecule has 1 aliphatic rings. The number of aryl methyl sites for hydroxylation is 1. The normalized spacial score (nSPS) is 12.4. The highest BCUT2D eigenvalue weighted by molar-refractivity contribution is 5.96. The van der Waals surface area contributed by atoms with Crippen LogP contribution in [0.4, 0.5) is 0 Å². The van der Waals surface area contributed by atoms with Crippen molar-refractivity contribution in [2.45, 2.75) is 25.9 Å². The van der Waals surface area contributed by atoms with Crippen LogP contribution in [0.3, 0.4) is 0 Å². The number of rotatable bonds is 7. The molecule has 3 aromatic rings. The number of hydrogen-bond acceptors (Lipinski definition) is 7. The number of carbonyl (C=O) groups excluding carboxylic acids is 1. The van der Waals surface area contributed by atoms with E-state index >= 15 is 0 Å². The van der Waals surface area contributed by atoms with Gasteiger partial charge in [0.25, 0.3) is 11.8 Å².